The van der Waals surface area contributed by atoms with Crippen LogP contribution in [0.1, 0.15) is 6.92 Å². The molecule has 1 atom stereocenters. The van der Waals surface area contributed by atoms with E-state index in [0.717, 1.165) is 18.4 Å². The number of sulfone groups is 1. The van der Waals surface area contributed by atoms with Crippen LogP contribution >= 0.6 is 0 Å². The number of nitrogens with one attached hydrogen (secondary N) is 1. The lowest BCUT2D eigenvalue weighted by atomic mass is 10.4. The van der Waals surface area contributed by atoms with E-state index in [-0.39, 0.29) is 9.79 Å². The fourth-order valence-corrected chi connectivity index (χ4v) is 3.07. The van der Waals surface area contributed by atoms with Crippen molar-refractivity contribution in [2.75, 3.05) is 6.26 Å². The van der Waals surface area contributed by atoms with E-state index >= 15 is 0 Å². The molecule has 0 aliphatic heterocycles. The van der Waals surface area contributed by atoms with E-state index in [2.05, 4.69) is 4.72 Å². The molecule has 0 saturated heterocycles. The number of carbonyl (C=O) groups excluding carboxylic acids is 1. The SMILES string of the molecule is C[C@H](NS(=O)(=O)c1ccc(S(C)(=O)=O)cc1)C(N)=O. The third-order valence-corrected chi connectivity index (χ3v) is 5.01. The predicted octanol–water partition coefficient (Wildman–Crippen LogP) is -0.758. The molecule has 106 valence electrons. The van der Waals surface area contributed by atoms with Crippen LogP contribution in [0, 0.1) is 0 Å². The van der Waals surface area contributed by atoms with Crippen LogP contribution in [0.4, 0.5) is 0 Å². The molecule has 1 aromatic rings. The Morgan fingerprint density at radius 3 is 1.89 bits per heavy atom. The van der Waals surface area contributed by atoms with Crippen LogP contribution in [0.3, 0.4) is 0 Å². The predicted molar refractivity (Wildman–Crippen MR) is 68.5 cm³/mol. The standard InChI is InChI=1S/C10H14N2O5S2/c1-7(10(11)13)12-19(16,17)9-5-3-8(4-6-9)18(2,14)15/h3-7,12H,1-2H3,(H2,11,13)/t7-/m0/s1. The van der Waals surface area contributed by atoms with Crippen molar-refractivity contribution in [3.05, 3.63) is 24.3 Å². The Kier molecular flexibility index (Phi) is 4.33. The number of primary amides is 1. The molecule has 0 unspecified atom stereocenters. The van der Waals surface area contributed by atoms with E-state index < -0.39 is 31.8 Å². The number of hydrogen-bond acceptors (Lipinski definition) is 5. The van der Waals surface area contributed by atoms with Gasteiger partial charge in [-0.25, -0.2) is 16.8 Å². The minimum Gasteiger partial charge on any atom is -0.368 e. The van der Waals surface area contributed by atoms with Crippen LogP contribution in [-0.4, -0.2) is 35.0 Å². The number of amides is 1. The summed E-state index contributed by atoms with van der Waals surface area (Å²) in [5.41, 5.74) is 4.96. The van der Waals surface area contributed by atoms with Gasteiger partial charge in [-0.2, -0.15) is 4.72 Å². The maximum absolute atomic E-state index is 11.8. The topological polar surface area (TPSA) is 123 Å². The largest absolute Gasteiger partial charge is 0.368 e. The highest BCUT2D eigenvalue weighted by Crippen LogP contribution is 2.14. The summed E-state index contributed by atoms with van der Waals surface area (Å²) in [5.74, 6) is -0.809. The summed E-state index contributed by atoms with van der Waals surface area (Å²) in [6.45, 7) is 1.31. The van der Waals surface area contributed by atoms with Gasteiger partial charge in [-0.1, -0.05) is 0 Å². The zero-order chi connectivity index (χ0) is 14.8. The van der Waals surface area contributed by atoms with E-state index in [4.69, 9.17) is 5.73 Å². The molecule has 0 aliphatic rings. The van der Waals surface area contributed by atoms with Crippen LogP contribution in [0.5, 0.6) is 0 Å². The average molecular weight is 306 g/mol. The van der Waals surface area contributed by atoms with Gasteiger partial charge in [0.15, 0.2) is 9.84 Å². The Bertz CT molecular complexity index is 677. The number of sulfonamides is 1. The number of nitrogens with two attached hydrogens (primary N) is 1. The number of benzene rings is 1. The third kappa shape index (κ3) is 4.01. The maximum Gasteiger partial charge on any atom is 0.241 e. The van der Waals surface area contributed by atoms with Crippen molar-refractivity contribution in [3.8, 4) is 0 Å². The van der Waals surface area contributed by atoms with Gasteiger partial charge in [-0.15, -0.1) is 0 Å². The van der Waals surface area contributed by atoms with Crippen molar-refractivity contribution < 1.29 is 21.6 Å². The molecule has 1 rings (SSSR count). The molecule has 0 fully saturated rings. The summed E-state index contributed by atoms with van der Waals surface area (Å²) in [7, 11) is -7.30. The maximum atomic E-state index is 11.8. The molecular formula is C10H14N2O5S2. The van der Waals surface area contributed by atoms with Crippen molar-refractivity contribution >= 4 is 25.8 Å². The highest BCUT2D eigenvalue weighted by atomic mass is 32.2. The van der Waals surface area contributed by atoms with Crippen LogP contribution in [0.25, 0.3) is 0 Å². The molecule has 9 heteroatoms. The summed E-state index contributed by atoms with van der Waals surface area (Å²) < 4.78 is 48.2. The molecule has 0 saturated carbocycles. The average Bonchev–Trinajstić information content (AvgIpc) is 2.27. The first-order chi connectivity index (χ1) is 8.54. The quantitative estimate of drug-likeness (QED) is 0.740. The van der Waals surface area contributed by atoms with Gasteiger partial charge in [0.25, 0.3) is 0 Å². The minimum absolute atomic E-state index is 0.00870. The van der Waals surface area contributed by atoms with E-state index in [1.54, 1.807) is 0 Å². The fraction of sp³-hybridized carbons (Fsp3) is 0.300. The summed E-state index contributed by atoms with van der Waals surface area (Å²) >= 11 is 0. The summed E-state index contributed by atoms with van der Waals surface area (Å²) in [4.78, 5) is 10.7. The zero-order valence-corrected chi connectivity index (χ0v) is 12.0. The molecule has 0 bridgehead atoms. The Balaban J connectivity index is 3.07. The second-order valence-corrected chi connectivity index (χ2v) is 7.72. The van der Waals surface area contributed by atoms with Crippen molar-refractivity contribution in [2.24, 2.45) is 5.73 Å². The molecule has 19 heavy (non-hydrogen) atoms. The lowest BCUT2D eigenvalue weighted by molar-refractivity contribution is -0.119. The summed E-state index contributed by atoms with van der Waals surface area (Å²) in [5, 5.41) is 0. The Morgan fingerprint density at radius 1 is 1.11 bits per heavy atom. The Labute approximate surface area is 111 Å². The zero-order valence-electron chi connectivity index (χ0n) is 10.3. The highest BCUT2D eigenvalue weighted by Gasteiger charge is 2.20. The van der Waals surface area contributed by atoms with Gasteiger partial charge in [0.2, 0.25) is 15.9 Å². The van der Waals surface area contributed by atoms with Crippen LogP contribution in [0.2, 0.25) is 0 Å². The number of carbonyl (C=O) groups is 1. The Morgan fingerprint density at radius 2 is 1.53 bits per heavy atom. The monoisotopic (exact) mass is 306 g/mol. The molecule has 0 spiro atoms. The van der Waals surface area contributed by atoms with Gasteiger partial charge in [-0.05, 0) is 31.2 Å². The smallest absolute Gasteiger partial charge is 0.241 e. The lowest BCUT2D eigenvalue weighted by Crippen LogP contribution is -2.42. The molecule has 0 aromatic heterocycles. The third-order valence-electron chi connectivity index (χ3n) is 2.32. The van der Waals surface area contributed by atoms with Gasteiger partial charge in [0.1, 0.15) is 0 Å². The van der Waals surface area contributed by atoms with Crippen molar-refractivity contribution in [3.63, 3.8) is 0 Å². The van der Waals surface area contributed by atoms with Crippen molar-refractivity contribution in [2.45, 2.75) is 22.8 Å². The molecule has 0 radical (unpaired) electrons. The van der Waals surface area contributed by atoms with Gasteiger partial charge in [-0.3, -0.25) is 4.79 Å². The second-order valence-electron chi connectivity index (χ2n) is 3.99. The molecular weight excluding hydrogens is 292 g/mol. The van der Waals surface area contributed by atoms with Crippen LogP contribution < -0.4 is 10.5 Å². The van der Waals surface area contributed by atoms with Gasteiger partial charge >= 0.3 is 0 Å². The summed E-state index contributed by atoms with van der Waals surface area (Å²) in [6, 6.07) is 3.59. The lowest BCUT2D eigenvalue weighted by Gasteiger charge is -2.11. The first-order valence-electron chi connectivity index (χ1n) is 5.16. The van der Waals surface area contributed by atoms with Crippen LogP contribution in [-0.2, 0) is 24.7 Å². The second kappa shape index (κ2) is 5.27. The molecule has 0 heterocycles. The first kappa shape index (κ1) is 15.6. The minimum atomic E-state index is -3.91. The molecule has 1 amide bonds. The fourth-order valence-electron chi connectivity index (χ4n) is 1.22. The molecule has 0 aliphatic carbocycles. The van der Waals surface area contributed by atoms with Gasteiger partial charge < -0.3 is 5.73 Å². The van der Waals surface area contributed by atoms with Crippen molar-refractivity contribution in [1.29, 1.82) is 0 Å². The highest BCUT2D eigenvalue weighted by molar-refractivity contribution is 7.90. The van der Waals surface area contributed by atoms with Crippen LogP contribution in [0.15, 0.2) is 34.1 Å². The van der Waals surface area contributed by atoms with E-state index in [0.29, 0.717) is 0 Å². The number of rotatable bonds is 5. The van der Waals surface area contributed by atoms with E-state index in [9.17, 15) is 21.6 Å². The van der Waals surface area contributed by atoms with Gasteiger partial charge in [0.05, 0.1) is 15.8 Å². The molecule has 3 N–H and O–H groups in total. The van der Waals surface area contributed by atoms with E-state index in [1.165, 1.54) is 19.1 Å². The summed E-state index contributed by atoms with van der Waals surface area (Å²) in [6.07, 6.45) is 1.02. The normalized spacial score (nSPS) is 14.0. The van der Waals surface area contributed by atoms with E-state index in [1.807, 2.05) is 0 Å². The van der Waals surface area contributed by atoms with Crippen molar-refractivity contribution in [1.82, 2.24) is 4.72 Å². The molecule has 7 nitrogen and oxygen atoms in total. The number of hydrogen-bond donors (Lipinski definition) is 2. The Hall–Kier alpha value is -1.45. The molecule has 1 aromatic carbocycles. The first-order valence-corrected chi connectivity index (χ1v) is 8.53. The van der Waals surface area contributed by atoms with Gasteiger partial charge in [0, 0.05) is 6.26 Å².